The van der Waals surface area contributed by atoms with Crippen LogP contribution in [0.15, 0.2) is 78.9 Å². The molecule has 5 rings (SSSR count). The van der Waals surface area contributed by atoms with E-state index in [4.69, 9.17) is 9.47 Å². The van der Waals surface area contributed by atoms with Gasteiger partial charge in [-0.3, -0.25) is 0 Å². The van der Waals surface area contributed by atoms with Gasteiger partial charge in [-0.1, -0.05) is 66.7 Å². The monoisotopic (exact) mass is 468 g/mol. The molecule has 4 aromatic rings. The molecule has 1 atom stereocenters. The minimum absolute atomic E-state index is 0.000532. The maximum atomic E-state index is 12.7. The molecule has 35 heavy (non-hydrogen) atoms. The molecule has 0 aliphatic heterocycles. The van der Waals surface area contributed by atoms with Gasteiger partial charge in [0.1, 0.15) is 12.6 Å². The van der Waals surface area contributed by atoms with Crippen molar-refractivity contribution in [3.05, 3.63) is 95.6 Å². The highest BCUT2D eigenvalue weighted by molar-refractivity contribution is 5.83. The lowest BCUT2D eigenvalue weighted by Gasteiger charge is -2.18. The Morgan fingerprint density at radius 2 is 1.60 bits per heavy atom. The lowest BCUT2D eigenvalue weighted by molar-refractivity contribution is -0.139. The number of ether oxygens (including phenoxy) is 2. The number of benzene rings is 3. The fourth-order valence-electron chi connectivity index (χ4n) is 4.67. The number of nitrogens with zero attached hydrogens (tertiary/aromatic N) is 1. The number of aromatic nitrogens is 1. The number of methoxy groups -OCH3 is 1. The standard InChI is InChI=1S/C28H24N2O5/c1-34-26-18(14-17-8-2-7-13-24(17)29-26)15-25(27(31)32)30-28(33)35-16-23-21-11-5-3-9-19(21)20-10-4-6-12-22(20)23/h2-14,23,25H,15-16H2,1H3,(H,30,33)(H,31,32). The van der Waals surface area contributed by atoms with Crippen LogP contribution in [0, 0.1) is 0 Å². The minimum atomic E-state index is -1.21. The Labute approximate surface area is 202 Å². The predicted molar refractivity (Wildman–Crippen MR) is 132 cm³/mol. The van der Waals surface area contributed by atoms with Crippen molar-refractivity contribution >= 4 is 23.0 Å². The molecule has 0 fully saturated rings. The number of hydrogen-bond donors (Lipinski definition) is 2. The Morgan fingerprint density at radius 3 is 2.26 bits per heavy atom. The van der Waals surface area contributed by atoms with Crippen molar-refractivity contribution in [1.82, 2.24) is 10.3 Å². The first-order chi connectivity index (χ1) is 17.0. The Kier molecular flexibility index (Phi) is 6.06. The summed E-state index contributed by atoms with van der Waals surface area (Å²) in [5, 5.41) is 13.1. The van der Waals surface area contributed by atoms with Crippen LogP contribution in [0.2, 0.25) is 0 Å². The topological polar surface area (TPSA) is 97.8 Å². The maximum Gasteiger partial charge on any atom is 0.407 e. The summed E-state index contributed by atoms with van der Waals surface area (Å²) < 4.78 is 10.9. The number of pyridine rings is 1. The quantitative estimate of drug-likeness (QED) is 0.405. The highest BCUT2D eigenvalue weighted by Gasteiger charge is 2.30. The van der Waals surface area contributed by atoms with Gasteiger partial charge in [-0.2, -0.15) is 0 Å². The highest BCUT2D eigenvalue weighted by Crippen LogP contribution is 2.44. The number of rotatable bonds is 7. The summed E-state index contributed by atoms with van der Waals surface area (Å²) in [6.07, 6.45) is -0.785. The zero-order valence-corrected chi connectivity index (χ0v) is 19.1. The number of fused-ring (bicyclic) bond motifs is 4. The zero-order chi connectivity index (χ0) is 24.4. The third-order valence-electron chi connectivity index (χ3n) is 6.31. The average molecular weight is 469 g/mol. The van der Waals surface area contributed by atoms with E-state index >= 15 is 0 Å². The summed E-state index contributed by atoms with van der Waals surface area (Å²) in [4.78, 5) is 29.1. The van der Waals surface area contributed by atoms with Crippen LogP contribution < -0.4 is 10.1 Å². The summed E-state index contributed by atoms with van der Waals surface area (Å²) in [6, 6.07) is 24.2. The van der Waals surface area contributed by atoms with Gasteiger partial charge in [0, 0.05) is 23.3 Å². The number of amides is 1. The van der Waals surface area contributed by atoms with Gasteiger partial charge >= 0.3 is 12.1 Å². The van der Waals surface area contributed by atoms with Gasteiger partial charge in [0.05, 0.1) is 12.6 Å². The van der Waals surface area contributed by atoms with Crippen molar-refractivity contribution in [1.29, 1.82) is 0 Å². The summed E-state index contributed by atoms with van der Waals surface area (Å²) in [6.45, 7) is 0.104. The Morgan fingerprint density at radius 1 is 0.971 bits per heavy atom. The molecule has 3 aromatic carbocycles. The number of carboxylic acid groups (broad SMARTS) is 1. The Balaban J connectivity index is 1.30. The summed E-state index contributed by atoms with van der Waals surface area (Å²) in [5.41, 5.74) is 5.74. The SMILES string of the molecule is COc1nc2ccccc2cc1CC(NC(=O)OCC1c2ccccc2-c2ccccc21)C(=O)O. The second-order valence-electron chi connectivity index (χ2n) is 8.41. The van der Waals surface area contributed by atoms with Gasteiger partial charge in [0.25, 0.3) is 0 Å². The Hall–Kier alpha value is -4.39. The molecule has 1 heterocycles. The third-order valence-corrected chi connectivity index (χ3v) is 6.31. The van der Waals surface area contributed by atoms with Crippen LogP contribution in [0.5, 0.6) is 5.88 Å². The smallest absolute Gasteiger partial charge is 0.407 e. The van der Waals surface area contributed by atoms with Gasteiger partial charge in [0.15, 0.2) is 0 Å². The second-order valence-corrected chi connectivity index (χ2v) is 8.41. The molecule has 0 saturated carbocycles. The maximum absolute atomic E-state index is 12.7. The first-order valence-corrected chi connectivity index (χ1v) is 11.3. The number of carbonyl (C=O) groups is 2. The van der Waals surface area contributed by atoms with Crippen molar-refractivity contribution in [3.8, 4) is 17.0 Å². The van der Waals surface area contributed by atoms with E-state index in [0.29, 0.717) is 11.4 Å². The van der Waals surface area contributed by atoms with Crippen LogP contribution in [0.4, 0.5) is 4.79 Å². The molecule has 1 aliphatic rings. The second kappa shape index (κ2) is 9.46. The summed E-state index contributed by atoms with van der Waals surface area (Å²) in [7, 11) is 1.48. The molecule has 0 bridgehead atoms. The highest BCUT2D eigenvalue weighted by atomic mass is 16.5. The molecule has 1 unspecified atom stereocenters. The van der Waals surface area contributed by atoms with Gasteiger partial charge in [-0.15, -0.1) is 0 Å². The largest absolute Gasteiger partial charge is 0.481 e. The molecule has 2 N–H and O–H groups in total. The fourth-order valence-corrected chi connectivity index (χ4v) is 4.67. The van der Waals surface area contributed by atoms with Gasteiger partial charge in [-0.05, 0) is 34.4 Å². The summed E-state index contributed by atoms with van der Waals surface area (Å²) >= 11 is 0. The first kappa shape index (κ1) is 22.4. The Bertz CT molecular complexity index is 1370. The van der Waals surface area contributed by atoms with E-state index in [0.717, 1.165) is 33.2 Å². The number of nitrogens with one attached hydrogen (secondary N) is 1. The lowest BCUT2D eigenvalue weighted by Crippen LogP contribution is -2.43. The third kappa shape index (κ3) is 4.40. The lowest BCUT2D eigenvalue weighted by atomic mass is 9.98. The number of para-hydroxylation sites is 1. The molecule has 0 spiro atoms. The van der Waals surface area contributed by atoms with E-state index in [2.05, 4.69) is 22.4 Å². The first-order valence-electron chi connectivity index (χ1n) is 11.3. The van der Waals surface area contributed by atoms with Crippen LogP contribution in [-0.2, 0) is 16.0 Å². The molecule has 1 aliphatic carbocycles. The van der Waals surface area contributed by atoms with Crippen molar-refractivity contribution in [2.24, 2.45) is 0 Å². The van der Waals surface area contributed by atoms with Crippen molar-refractivity contribution in [3.63, 3.8) is 0 Å². The van der Waals surface area contributed by atoms with E-state index in [-0.39, 0.29) is 18.9 Å². The number of aliphatic carboxylic acids is 1. The van der Waals surface area contributed by atoms with Crippen LogP contribution in [0.3, 0.4) is 0 Å². The predicted octanol–water partition coefficient (Wildman–Crippen LogP) is 4.78. The van der Waals surface area contributed by atoms with E-state index in [1.807, 2.05) is 66.7 Å². The molecule has 7 heteroatoms. The summed E-state index contributed by atoms with van der Waals surface area (Å²) in [5.74, 6) is -0.959. The molecular formula is C28H24N2O5. The van der Waals surface area contributed by atoms with Crippen LogP contribution in [-0.4, -0.2) is 41.9 Å². The number of carbonyl (C=O) groups excluding carboxylic acids is 1. The van der Waals surface area contributed by atoms with E-state index in [1.165, 1.54) is 7.11 Å². The molecule has 1 aromatic heterocycles. The van der Waals surface area contributed by atoms with Crippen molar-refractivity contribution in [2.45, 2.75) is 18.4 Å². The fraction of sp³-hybridized carbons (Fsp3) is 0.179. The van der Waals surface area contributed by atoms with E-state index < -0.39 is 18.1 Å². The molecular weight excluding hydrogens is 444 g/mol. The van der Waals surface area contributed by atoms with Gasteiger partial charge in [0.2, 0.25) is 5.88 Å². The zero-order valence-electron chi connectivity index (χ0n) is 19.1. The minimum Gasteiger partial charge on any atom is -0.481 e. The number of alkyl carbamates (subject to hydrolysis) is 1. The molecule has 0 saturated heterocycles. The van der Waals surface area contributed by atoms with Crippen LogP contribution in [0.1, 0.15) is 22.6 Å². The number of hydrogen-bond acceptors (Lipinski definition) is 5. The molecule has 1 amide bonds. The molecule has 176 valence electrons. The van der Waals surface area contributed by atoms with Gasteiger partial charge in [-0.25, -0.2) is 14.6 Å². The average Bonchev–Trinajstić information content (AvgIpc) is 3.20. The van der Waals surface area contributed by atoms with Crippen LogP contribution in [0.25, 0.3) is 22.0 Å². The normalized spacial score (nSPS) is 13.1. The van der Waals surface area contributed by atoms with Crippen LogP contribution >= 0.6 is 0 Å². The molecule has 0 radical (unpaired) electrons. The van der Waals surface area contributed by atoms with Gasteiger partial charge < -0.3 is 19.9 Å². The van der Waals surface area contributed by atoms with Crippen molar-refractivity contribution < 1.29 is 24.2 Å². The number of carboxylic acids is 1. The molecule has 7 nitrogen and oxygen atoms in total. The van der Waals surface area contributed by atoms with E-state index in [1.54, 1.807) is 0 Å². The van der Waals surface area contributed by atoms with E-state index in [9.17, 15) is 14.7 Å². The van der Waals surface area contributed by atoms with Crippen molar-refractivity contribution in [2.75, 3.05) is 13.7 Å².